The molecule has 2 unspecified atom stereocenters. The van der Waals surface area contributed by atoms with Crippen LogP contribution in [0, 0.1) is 0 Å². The smallest absolute Gasteiger partial charge is 0.0987 e. The van der Waals surface area contributed by atoms with E-state index in [0.717, 1.165) is 19.5 Å². The predicted octanol–water partition coefficient (Wildman–Crippen LogP) is 1.18. The number of nitrogens with one attached hydrogen (secondary N) is 1. The Bertz CT molecular complexity index is 159. The van der Waals surface area contributed by atoms with Crippen molar-refractivity contribution in [3.05, 3.63) is 0 Å². The third-order valence-electron chi connectivity index (χ3n) is 2.82. The fraction of sp³-hybridized carbons (Fsp3) is 1.00. The normalized spacial score (nSPS) is 30.5. The summed E-state index contributed by atoms with van der Waals surface area (Å²) >= 11 is 0. The first-order chi connectivity index (χ1) is 6.10. The molecule has 2 atom stereocenters. The number of morpholine rings is 1. The standard InChI is InChI=1S/C10H21NO2/c1-5-8-6-11-7-9(13-8)10(2,3)12-4/h8-9,11H,5-7H2,1-4H3. The van der Waals surface area contributed by atoms with Crippen molar-refractivity contribution in [2.24, 2.45) is 0 Å². The number of hydrogen-bond acceptors (Lipinski definition) is 3. The fourth-order valence-electron chi connectivity index (χ4n) is 1.49. The van der Waals surface area contributed by atoms with Crippen LogP contribution in [0.2, 0.25) is 0 Å². The Hall–Kier alpha value is -0.120. The average Bonchev–Trinajstić information content (AvgIpc) is 2.18. The van der Waals surface area contributed by atoms with Gasteiger partial charge in [-0.2, -0.15) is 0 Å². The molecule has 0 bridgehead atoms. The van der Waals surface area contributed by atoms with Crippen LogP contribution in [0.15, 0.2) is 0 Å². The van der Waals surface area contributed by atoms with Gasteiger partial charge in [-0.15, -0.1) is 0 Å². The Morgan fingerprint density at radius 2 is 2.15 bits per heavy atom. The molecule has 1 rings (SSSR count). The van der Waals surface area contributed by atoms with Crippen molar-refractivity contribution in [3.8, 4) is 0 Å². The highest BCUT2D eigenvalue weighted by Crippen LogP contribution is 2.20. The molecule has 78 valence electrons. The molecule has 1 fully saturated rings. The summed E-state index contributed by atoms with van der Waals surface area (Å²) in [6.07, 6.45) is 1.56. The van der Waals surface area contributed by atoms with Crippen molar-refractivity contribution in [1.82, 2.24) is 5.32 Å². The molecule has 1 saturated heterocycles. The second-order valence-corrected chi connectivity index (χ2v) is 4.12. The van der Waals surface area contributed by atoms with E-state index in [4.69, 9.17) is 9.47 Å². The molecule has 0 amide bonds. The highest BCUT2D eigenvalue weighted by molar-refractivity contribution is 4.86. The van der Waals surface area contributed by atoms with Gasteiger partial charge >= 0.3 is 0 Å². The molecule has 1 aliphatic heterocycles. The van der Waals surface area contributed by atoms with Gasteiger partial charge in [-0.25, -0.2) is 0 Å². The Morgan fingerprint density at radius 1 is 1.46 bits per heavy atom. The van der Waals surface area contributed by atoms with Crippen LogP contribution in [-0.2, 0) is 9.47 Å². The van der Waals surface area contributed by atoms with Gasteiger partial charge in [0.2, 0.25) is 0 Å². The first-order valence-electron chi connectivity index (χ1n) is 5.01. The third kappa shape index (κ3) is 2.66. The zero-order valence-electron chi connectivity index (χ0n) is 9.09. The molecule has 0 aromatic rings. The molecule has 13 heavy (non-hydrogen) atoms. The van der Waals surface area contributed by atoms with E-state index < -0.39 is 0 Å². The summed E-state index contributed by atoms with van der Waals surface area (Å²) in [5, 5.41) is 3.37. The summed E-state index contributed by atoms with van der Waals surface area (Å²) in [6.45, 7) is 8.13. The van der Waals surface area contributed by atoms with Gasteiger partial charge in [0.05, 0.1) is 17.8 Å². The second-order valence-electron chi connectivity index (χ2n) is 4.12. The van der Waals surface area contributed by atoms with E-state index in [0.29, 0.717) is 6.10 Å². The molecular formula is C10H21NO2. The van der Waals surface area contributed by atoms with Crippen molar-refractivity contribution < 1.29 is 9.47 Å². The minimum atomic E-state index is -0.194. The number of ether oxygens (including phenoxy) is 2. The number of rotatable bonds is 3. The first kappa shape index (κ1) is 11.0. The summed E-state index contributed by atoms with van der Waals surface area (Å²) in [5.41, 5.74) is -0.194. The van der Waals surface area contributed by atoms with Crippen LogP contribution >= 0.6 is 0 Å². The monoisotopic (exact) mass is 187 g/mol. The van der Waals surface area contributed by atoms with E-state index in [1.165, 1.54) is 0 Å². The molecule has 1 heterocycles. The van der Waals surface area contributed by atoms with Gasteiger partial charge in [0.25, 0.3) is 0 Å². The van der Waals surface area contributed by atoms with Crippen molar-refractivity contribution in [2.45, 2.75) is 45.0 Å². The lowest BCUT2D eigenvalue weighted by atomic mass is 9.99. The minimum Gasteiger partial charge on any atom is -0.376 e. The molecule has 0 saturated carbocycles. The number of hydrogen-bond donors (Lipinski definition) is 1. The summed E-state index contributed by atoms with van der Waals surface area (Å²) < 4.78 is 11.3. The van der Waals surface area contributed by atoms with Crippen molar-refractivity contribution >= 4 is 0 Å². The lowest BCUT2D eigenvalue weighted by Gasteiger charge is -2.39. The van der Waals surface area contributed by atoms with E-state index >= 15 is 0 Å². The highest BCUT2D eigenvalue weighted by Gasteiger charge is 2.34. The fourth-order valence-corrected chi connectivity index (χ4v) is 1.49. The van der Waals surface area contributed by atoms with E-state index in [1.807, 2.05) is 0 Å². The van der Waals surface area contributed by atoms with Gasteiger partial charge in [0.1, 0.15) is 0 Å². The molecular weight excluding hydrogens is 166 g/mol. The maximum absolute atomic E-state index is 5.90. The summed E-state index contributed by atoms with van der Waals surface area (Å²) in [7, 11) is 1.74. The van der Waals surface area contributed by atoms with Crippen LogP contribution in [0.25, 0.3) is 0 Å². The average molecular weight is 187 g/mol. The molecule has 3 heteroatoms. The van der Waals surface area contributed by atoms with E-state index in [2.05, 4.69) is 26.1 Å². The van der Waals surface area contributed by atoms with Crippen LogP contribution in [0.3, 0.4) is 0 Å². The zero-order chi connectivity index (χ0) is 9.90. The zero-order valence-corrected chi connectivity index (χ0v) is 9.09. The quantitative estimate of drug-likeness (QED) is 0.719. The maximum Gasteiger partial charge on any atom is 0.0987 e. The van der Waals surface area contributed by atoms with E-state index in [1.54, 1.807) is 7.11 Å². The molecule has 0 aromatic heterocycles. The summed E-state index contributed by atoms with van der Waals surface area (Å²) in [6, 6.07) is 0. The van der Waals surface area contributed by atoms with Gasteiger partial charge < -0.3 is 14.8 Å². The van der Waals surface area contributed by atoms with Crippen molar-refractivity contribution in [3.63, 3.8) is 0 Å². The Kier molecular flexibility index (Phi) is 3.71. The second kappa shape index (κ2) is 4.40. The van der Waals surface area contributed by atoms with Crippen LogP contribution < -0.4 is 5.32 Å². The van der Waals surface area contributed by atoms with E-state index in [9.17, 15) is 0 Å². The van der Waals surface area contributed by atoms with Crippen LogP contribution in [-0.4, -0.2) is 38.0 Å². The molecule has 0 radical (unpaired) electrons. The largest absolute Gasteiger partial charge is 0.376 e. The first-order valence-corrected chi connectivity index (χ1v) is 5.01. The highest BCUT2D eigenvalue weighted by atomic mass is 16.6. The SMILES string of the molecule is CCC1CNCC(C(C)(C)OC)O1. The van der Waals surface area contributed by atoms with Gasteiger partial charge in [0, 0.05) is 20.2 Å². The van der Waals surface area contributed by atoms with Gasteiger partial charge in [-0.3, -0.25) is 0 Å². The Labute approximate surface area is 80.8 Å². The third-order valence-corrected chi connectivity index (χ3v) is 2.82. The van der Waals surface area contributed by atoms with Crippen LogP contribution in [0.4, 0.5) is 0 Å². The minimum absolute atomic E-state index is 0.163. The Morgan fingerprint density at radius 3 is 2.69 bits per heavy atom. The van der Waals surface area contributed by atoms with Crippen LogP contribution in [0.5, 0.6) is 0 Å². The van der Waals surface area contributed by atoms with Crippen molar-refractivity contribution in [1.29, 1.82) is 0 Å². The van der Waals surface area contributed by atoms with Crippen LogP contribution in [0.1, 0.15) is 27.2 Å². The molecule has 0 aromatic carbocycles. The summed E-state index contributed by atoms with van der Waals surface area (Å²) in [4.78, 5) is 0. The van der Waals surface area contributed by atoms with Gasteiger partial charge in [0.15, 0.2) is 0 Å². The molecule has 3 nitrogen and oxygen atoms in total. The topological polar surface area (TPSA) is 30.5 Å². The van der Waals surface area contributed by atoms with Crippen molar-refractivity contribution in [2.75, 3.05) is 20.2 Å². The van der Waals surface area contributed by atoms with Gasteiger partial charge in [-0.05, 0) is 20.3 Å². The Balaban J connectivity index is 2.50. The van der Waals surface area contributed by atoms with Gasteiger partial charge in [-0.1, -0.05) is 6.92 Å². The van der Waals surface area contributed by atoms with E-state index in [-0.39, 0.29) is 11.7 Å². The lowest BCUT2D eigenvalue weighted by molar-refractivity contribution is -0.146. The molecule has 1 aliphatic rings. The lowest BCUT2D eigenvalue weighted by Crippen LogP contribution is -2.54. The number of methoxy groups -OCH3 is 1. The summed E-state index contributed by atoms with van der Waals surface area (Å²) in [5.74, 6) is 0. The molecule has 0 spiro atoms. The molecule has 0 aliphatic carbocycles. The maximum atomic E-state index is 5.90. The molecule has 1 N–H and O–H groups in total. The predicted molar refractivity (Wildman–Crippen MR) is 52.9 cm³/mol.